The van der Waals surface area contributed by atoms with Crippen LogP contribution in [0.25, 0.3) is 21.5 Å². The van der Waals surface area contributed by atoms with Gasteiger partial charge in [-0.15, -0.1) is 15.3 Å². The normalized spacial score (nSPS) is 12.1. The maximum Gasteiger partial charge on any atom is 0.343 e. The van der Waals surface area contributed by atoms with Crippen molar-refractivity contribution in [3.63, 3.8) is 0 Å². The van der Waals surface area contributed by atoms with Crippen LogP contribution in [0.4, 0.5) is 28.4 Å². The van der Waals surface area contributed by atoms with E-state index in [1.54, 1.807) is 60.7 Å². The topological polar surface area (TPSA) is 150 Å². The van der Waals surface area contributed by atoms with Crippen LogP contribution in [-0.2, 0) is 20.9 Å². The van der Waals surface area contributed by atoms with Gasteiger partial charge in [-0.1, -0.05) is 81.4 Å². The van der Waals surface area contributed by atoms with Crippen LogP contribution in [0.5, 0.6) is 17.2 Å². The summed E-state index contributed by atoms with van der Waals surface area (Å²) in [5, 5.41) is 25.8. The van der Waals surface area contributed by atoms with Gasteiger partial charge in [0.1, 0.15) is 17.2 Å². The zero-order valence-electron chi connectivity index (χ0n) is 42.0. The minimum Gasteiger partial charge on any atom is -0.494 e. The van der Waals surface area contributed by atoms with Gasteiger partial charge in [0.05, 0.1) is 52.4 Å². The summed E-state index contributed by atoms with van der Waals surface area (Å²) in [5.74, 6) is 0.674. The first-order valence-corrected chi connectivity index (χ1v) is 24.1. The lowest BCUT2D eigenvalue weighted by Crippen LogP contribution is -2.40. The van der Waals surface area contributed by atoms with Crippen molar-refractivity contribution in [2.24, 2.45) is 36.7 Å². The number of nitrogens with one attached hydrogen (secondary N) is 1. The summed E-state index contributed by atoms with van der Waals surface area (Å²) in [7, 11) is 0. The molecule has 7 aromatic rings. The second-order valence-corrected chi connectivity index (χ2v) is 20.0. The molecule has 366 valence electrons. The smallest absolute Gasteiger partial charge is 0.343 e. The highest BCUT2D eigenvalue weighted by Gasteiger charge is 2.41. The minimum absolute atomic E-state index is 0.174. The molecule has 0 unspecified atom stereocenters. The minimum atomic E-state index is -0.667. The number of hydrogen-bond donors (Lipinski definition) is 1. The Bertz CT molecular complexity index is 3020. The van der Waals surface area contributed by atoms with Crippen molar-refractivity contribution in [1.29, 1.82) is 0 Å². The van der Waals surface area contributed by atoms with Crippen molar-refractivity contribution >= 4 is 67.9 Å². The zero-order chi connectivity index (χ0) is 50.6. The van der Waals surface area contributed by atoms with Gasteiger partial charge in [-0.2, -0.15) is 5.11 Å². The summed E-state index contributed by atoms with van der Waals surface area (Å²) in [5.41, 5.74) is 3.69. The predicted octanol–water partition coefficient (Wildman–Crippen LogP) is 16.2. The summed E-state index contributed by atoms with van der Waals surface area (Å²) in [4.78, 5) is 37.7. The molecule has 0 radical (unpaired) electrons. The Kier molecular flexibility index (Phi) is 16.4. The van der Waals surface area contributed by atoms with Crippen LogP contribution >= 0.6 is 0 Å². The first kappa shape index (κ1) is 51.1. The Hall–Kier alpha value is -7.73. The molecule has 0 amide bonds. The number of unbranched alkanes of at least 4 members (excludes halogenated alkanes) is 3. The van der Waals surface area contributed by atoms with Gasteiger partial charge in [0, 0.05) is 33.8 Å². The predicted molar refractivity (Wildman–Crippen MR) is 281 cm³/mol. The SMILES string of the molecule is CC(C)(C)C(=O)OCCCCCCOc1ccc(C(=O)Oc2ccc(CNc3ccc(N=Nc4ccc(N=Nc5ccc(OC(=O)C(C)(C)C(C)(C)C)cc5)c5ccccc45)c4ccccc34)cc2)cc1. The monoisotopic (exact) mass is 953 g/mol. The van der Waals surface area contributed by atoms with E-state index >= 15 is 0 Å². The molecule has 1 N–H and O–H groups in total. The van der Waals surface area contributed by atoms with Gasteiger partial charge in [-0.25, -0.2) is 4.79 Å². The highest BCUT2D eigenvalue weighted by molar-refractivity contribution is 6.02. The molecular weight excluding hydrogens is 891 g/mol. The Balaban J connectivity index is 0.909. The number of nitrogens with zero attached hydrogens (tertiary/aromatic N) is 4. The maximum absolute atomic E-state index is 13.0. The number of carbonyl (C=O) groups is 3. The third kappa shape index (κ3) is 13.5. The lowest BCUT2D eigenvalue weighted by Gasteiger charge is -2.36. The molecule has 0 fully saturated rings. The number of carbonyl (C=O) groups excluding carboxylic acids is 3. The van der Waals surface area contributed by atoms with E-state index in [-0.39, 0.29) is 17.4 Å². The fourth-order valence-electron chi connectivity index (χ4n) is 7.16. The molecule has 0 aliphatic carbocycles. The lowest BCUT2D eigenvalue weighted by atomic mass is 9.69. The molecule has 12 nitrogen and oxygen atoms in total. The van der Waals surface area contributed by atoms with Gasteiger partial charge in [-0.05, 0) is 156 Å². The lowest BCUT2D eigenvalue weighted by molar-refractivity contribution is -0.153. The van der Waals surface area contributed by atoms with Crippen molar-refractivity contribution in [2.45, 2.75) is 87.6 Å². The van der Waals surface area contributed by atoms with Crippen molar-refractivity contribution in [2.75, 3.05) is 18.5 Å². The summed E-state index contributed by atoms with van der Waals surface area (Å²) < 4.78 is 22.5. The third-order valence-electron chi connectivity index (χ3n) is 12.6. The summed E-state index contributed by atoms with van der Waals surface area (Å²) >= 11 is 0. The molecular formula is C59H63N5O7. The molecule has 7 aromatic carbocycles. The number of ether oxygens (including phenoxy) is 4. The number of fused-ring (bicyclic) bond motifs is 2. The number of anilines is 1. The second-order valence-electron chi connectivity index (χ2n) is 20.0. The standard InChI is InChI=1S/C59H63N5O7/c1-57(2,3)55(66)69-38-16-10-9-15-37-68-43-29-23-41(24-30-43)54(65)70-44-27-21-40(22-28-44)39-60-50-33-34-52(47-18-12-11-17-46(47)50)63-64-53-36-35-51(48-19-13-14-20-49(48)53)62-61-42-25-31-45(32-26-42)71-56(67)59(7,8)58(4,5)6/h11-14,17-36,60H,9-10,15-16,37-39H2,1-8H3. The summed E-state index contributed by atoms with van der Waals surface area (Å²) in [6.07, 6.45) is 3.63. The van der Waals surface area contributed by atoms with E-state index in [9.17, 15) is 14.4 Å². The Labute approximate surface area is 416 Å². The molecule has 0 saturated carbocycles. The van der Waals surface area contributed by atoms with Gasteiger partial charge in [0.15, 0.2) is 0 Å². The van der Waals surface area contributed by atoms with Gasteiger partial charge >= 0.3 is 17.9 Å². The van der Waals surface area contributed by atoms with Crippen LogP contribution in [0.1, 0.15) is 97.0 Å². The zero-order valence-corrected chi connectivity index (χ0v) is 42.0. The van der Waals surface area contributed by atoms with Crippen LogP contribution < -0.4 is 19.5 Å². The Morgan fingerprint density at radius 2 is 0.972 bits per heavy atom. The van der Waals surface area contributed by atoms with E-state index in [1.165, 1.54) is 0 Å². The van der Waals surface area contributed by atoms with Crippen LogP contribution in [0, 0.1) is 16.2 Å². The Morgan fingerprint density at radius 3 is 1.55 bits per heavy atom. The first-order valence-electron chi connectivity index (χ1n) is 24.1. The van der Waals surface area contributed by atoms with Gasteiger partial charge < -0.3 is 24.3 Å². The van der Waals surface area contributed by atoms with Crippen LogP contribution in [0.2, 0.25) is 0 Å². The second kappa shape index (κ2) is 22.8. The first-order chi connectivity index (χ1) is 34.0. The van der Waals surface area contributed by atoms with E-state index in [2.05, 4.69) is 21.6 Å². The number of rotatable bonds is 19. The van der Waals surface area contributed by atoms with Crippen molar-refractivity contribution in [3.8, 4) is 17.2 Å². The van der Waals surface area contributed by atoms with E-state index in [1.807, 2.05) is 134 Å². The average Bonchev–Trinajstić information content (AvgIpc) is 3.35. The molecule has 71 heavy (non-hydrogen) atoms. The molecule has 0 heterocycles. The van der Waals surface area contributed by atoms with E-state index in [0.717, 1.165) is 64.2 Å². The Morgan fingerprint density at radius 1 is 0.479 bits per heavy atom. The van der Waals surface area contributed by atoms with E-state index < -0.39 is 16.8 Å². The number of azo groups is 2. The number of esters is 3. The number of benzene rings is 7. The molecule has 0 aromatic heterocycles. The molecule has 0 saturated heterocycles. The molecule has 7 rings (SSSR count). The van der Waals surface area contributed by atoms with Crippen LogP contribution in [-0.4, -0.2) is 31.1 Å². The fraction of sp³-hybridized carbons (Fsp3) is 0.305. The quantitative estimate of drug-likeness (QED) is 0.0364. The van der Waals surface area contributed by atoms with E-state index in [4.69, 9.17) is 29.2 Å². The molecule has 12 heteroatoms. The van der Waals surface area contributed by atoms with Crippen molar-refractivity contribution in [1.82, 2.24) is 0 Å². The van der Waals surface area contributed by atoms with Gasteiger partial charge in [-0.3, -0.25) is 9.59 Å². The largest absolute Gasteiger partial charge is 0.494 e. The van der Waals surface area contributed by atoms with Crippen molar-refractivity contribution < 1.29 is 33.3 Å². The number of hydrogen-bond acceptors (Lipinski definition) is 12. The van der Waals surface area contributed by atoms with Gasteiger partial charge in [0.25, 0.3) is 0 Å². The molecule has 0 aliphatic heterocycles. The molecule has 0 spiro atoms. The third-order valence-corrected chi connectivity index (χ3v) is 12.6. The van der Waals surface area contributed by atoms with E-state index in [0.29, 0.717) is 59.6 Å². The average molecular weight is 954 g/mol. The molecule has 0 aliphatic rings. The van der Waals surface area contributed by atoms with Crippen molar-refractivity contribution in [3.05, 3.63) is 157 Å². The maximum atomic E-state index is 13.0. The molecule has 0 bridgehead atoms. The summed E-state index contributed by atoms with van der Waals surface area (Å²) in [6.45, 7) is 16.9. The highest BCUT2D eigenvalue weighted by atomic mass is 16.5. The van der Waals surface area contributed by atoms with Gasteiger partial charge in [0.2, 0.25) is 0 Å². The van der Waals surface area contributed by atoms with Crippen LogP contribution in [0.15, 0.2) is 166 Å². The fourth-order valence-corrected chi connectivity index (χ4v) is 7.16. The molecule has 0 atom stereocenters. The summed E-state index contributed by atoms with van der Waals surface area (Å²) in [6, 6.07) is 45.1. The highest BCUT2D eigenvalue weighted by Crippen LogP contribution is 2.40. The van der Waals surface area contributed by atoms with Crippen LogP contribution in [0.3, 0.4) is 0 Å².